The van der Waals surface area contributed by atoms with Gasteiger partial charge in [-0.1, -0.05) is 0 Å². The molecule has 4 heteroatoms. The molecule has 0 aromatic rings. The van der Waals surface area contributed by atoms with E-state index in [0.29, 0.717) is 0 Å². The smallest absolute Gasteiger partial charge is 0 e. The van der Waals surface area contributed by atoms with Crippen LogP contribution in [0.4, 0.5) is 0 Å². The van der Waals surface area contributed by atoms with Crippen molar-refractivity contribution in [3.63, 3.8) is 0 Å². The maximum atomic E-state index is 0. The van der Waals surface area contributed by atoms with Gasteiger partial charge in [0, 0.05) is 18.6 Å². The van der Waals surface area contributed by atoms with Crippen molar-refractivity contribution in [2.24, 2.45) is 0 Å². The molecule has 1 radical (unpaired) electrons. The second-order valence-electron chi connectivity index (χ2n) is 0. The molecule has 0 unspecified atom stereocenters. The van der Waals surface area contributed by atoms with Crippen molar-refractivity contribution in [2.45, 2.75) is 0 Å². The molecule has 29 valence electrons. The summed E-state index contributed by atoms with van der Waals surface area (Å²) in [5, 5.41) is 0. The van der Waals surface area contributed by atoms with Gasteiger partial charge in [0.2, 0.25) is 0 Å². The van der Waals surface area contributed by atoms with Crippen LogP contribution in [0.15, 0.2) is 0 Å². The van der Waals surface area contributed by atoms with Gasteiger partial charge in [-0.05, 0) is 0 Å². The second-order valence-corrected chi connectivity index (χ2v) is 0. The summed E-state index contributed by atoms with van der Waals surface area (Å²) in [4.78, 5) is 0. The first kappa shape index (κ1) is 68.9. The van der Waals surface area contributed by atoms with Crippen LogP contribution in [0.2, 0.25) is 0 Å². The molecule has 0 bridgehead atoms. The molecular weight excluding hydrogens is 138 g/mol. The summed E-state index contributed by atoms with van der Waals surface area (Å²) in [5.74, 6) is 0. The molecule has 0 rings (SSSR count). The van der Waals surface area contributed by atoms with Crippen LogP contribution >= 0.6 is 0 Å². The molecule has 2 N–H and O–H groups in total. The van der Waals surface area contributed by atoms with E-state index < -0.39 is 0 Å². The predicted molar refractivity (Wildman–Crippen MR) is 3.61 cm³/mol. The number of hydrogen-bond acceptors (Lipinski definition) is 0. The summed E-state index contributed by atoms with van der Waals surface area (Å²) >= 11 is 0. The first-order chi connectivity index (χ1) is 0. The van der Waals surface area contributed by atoms with Crippen LogP contribution in [-0.2, 0) is 18.6 Å². The maximum Gasteiger partial charge on any atom is 0 e. The van der Waals surface area contributed by atoms with E-state index in [1.165, 1.54) is 0 Å². The van der Waals surface area contributed by atoms with Crippen LogP contribution in [-0.4, -0.2) is 5.48 Å². The van der Waals surface area contributed by atoms with E-state index >= 15 is 0 Å². The van der Waals surface area contributed by atoms with Crippen molar-refractivity contribution in [2.75, 3.05) is 0 Å². The Morgan fingerprint density at radius 3 is 0.750 bits per heavy atom. The van der Waals surface area contributed by atoms with Gasteiger partial charge in [0.1, 0.15) is 0 Å². The molecule has 0 fully saturated rings. The van der Waals surface area contributed by atoms with E-state index in [2.05, 4.69) is 0 Å². The molecule has 0 saturated heterocycles. The van der Waals surface area contributed by atoms with Crippen LogP contribution in [0.3, 0.4) is 0 Å². The van der Waals surface area contributed by atoms with E-state index in [-0.39, 0.29) is 48.8 Å². The van der Waals surface area contributed by atoms with Crippen molar-refractivity contribution in [3.05, 3.63) is 0 Å². The summed E-state index contributed by atoms with van der Waals surface area (Å²) in [6, 6.07) is 0. The van der Waals surface area contributed by atoms with Crippen molar-refractivity contribution in [1.29, 1.82) is 0 Å². The average Bonchev–Trinajstić information content (AvgIpc) is 0. The molecule has 0 saturated carbocycles. The monoisotopic (exact) mass is 139 g/mol. The number of hydrogen-bond donors (Lipinski definition) is 0. The van der Waals surface area contributed by atoms with Crippen LogP contribution < -0.4 is 24.8 Å². The van der Waals surface area contributed by atoms with Gasteiger partial charge in [0.25, 0.3) is 0 Å². The van der Waals surface area contributed by atoms with Crippen LogP contribution in [0.1, 0.15) is 0 Å². The topological polar surface area (TPSA) is 31.5 Å². The van der Waals surface area contributed by atoms with Crippen molar-refractivity contribution in [3.8, 4) is 0 Å². The zero-order valence-electron chi connectivity index (χ0n) is 1.70. The van der Waals surface area contributed by atoms with Crippen molar-refractivity contribution < 1.29 is 48.8 Å². The van der Waals surface area contributed by atoms with Gasteiger partial charge in [0.05, 0.1) is 0 Å². The fourth-order valence-electron chi connectivity index (χ4n) is 0. The fourth-order valence-corrected chi connectivity index (χ4v) is 0. The summed E-state index contributed by atoms with van der Waals surface area (Å²) in [5.41, 5.74) is 0. The molecule has 0 aliphatic rings. The molecule has 0 aliphatic heterocycles. The fraction of sp³-hybridized carbons (Fsp3) is 0. The Labute approximate surface area is 49.2 Å². The Kier molecular flexibility index (Phi) is 549. The van der Waals surface area contributed by atoms with Gasteiger partial charge in [-0.2, -0.15) is 0 Å². The van der Waals surface area contributed by atoms with Crippen LogP contribution in [0.25, 0.3) is 0 Å². The Morgan fingerprint density at radius 1 is 0.750 bits per heavy atom. The average molecular weight is 140 g/mol. The van der Waals surface area contributed by atoms with Crippen LogP contribution in [0, 0.1) is 0 Å². The molecule has 0 aromatic carbocycles. The number of halogens is 2. The number of rotatable bonds is 0. The molecule has 0 atom stereocenters. The Balaban J connectivity index is 0. The Bertz CT molecular complexity index is 6.00. The minimum absolute atomic E-state index is 0. The third kappa shape index (κ3) is 11.2. The molecule has 0 aliphatic carbocycles. The molecular formula is H2Cl2OV-2. The minimum atomic E-state index is 0. The predicted octanol–water partition coefficient (Wildman–Crippen LogP) is -6.82. The zero-order valence-corrected chi connectivity index (χ0v) is 4.61. The van der Waals surface area contributed by atoms with Gasteiger partial charge in [-0.3, -0.25) is 0 Å². The second kappa shape index (κ2) is 31.8. The summed E-state index contributed by atoms with van der Waals surface area (Å²) in [7, 11) is 0. The van der Waals surface area contributed by atoms with Gasteiger partial charge in [0.15, 0.2) is 0 Å². The Morgan fingerprint density at radius 2 is 0.750 bits per heavy atom. The molecule has 0 spiro atoms. The molecule has 0 amide bonds. The maximum absolute atomic E-state index is 0. The summed E-state index contributed by atoms with van der Waals surface area (Å²) in [6.45, 7) is 0. The Hall–Kier alpha value is 1.12. The first-order valence-corrected chi connectivity index (χ1v) is 0. The van der Waals surface area contributed by atoms with Gasteiger partial charge < -0.3 is 30.3 Å². The van der Waals surface area contributed by atoms with Gasteiger partial charge in [-0.25, -0.2) is 0 Å². The van der Waals surface area contributed by atoms with Gasteiger partial charge in [-0.15, -0.1) is 0 Å². The quantitative estimate of drug-likeness (QED) is 0.320. The molecule has 4 heavy (non-hydrogen) atoms. The molecule has 0 heterocycles. The van der Waals surface area contributed by atoms with Gasteiger partial charge >= 0.3 is 0 Å². The normalized spacial score (nSPS) is 0. The SMILES string of the molecule is O.[Cl-].[Cl-].[V]. The third-order valence-corrected chi connectivity index (χ3v) is 0. The van der Waals surface area contributed by atoms with E-state index in [1.54, 1.807) is 0 Å². The summed E-state index contributed by atoms with van der Waals surface area (Å²) < 4.78 is 0. The van der Waals surface area contributed by atoms with Crippen molar-refractivity contribution in [1.82, 2.24) is 0 Å². The van der Waals surface area contributed by atoms with Crippen molar-refractivity contribution >= 4 is 0 Å². The van der Waals surface area contributed by atoms with E-state index in [9.17, 15) is 0 Å². The first-order valence-electron chi connectivity index (χ1n) is 0. The molecule has 0 aromatic heterocycles. The standard InChI is InChI=1S/2ClH.H2O.V/h2*1H;1H2;/p-2. The van der Waals surface area contributed by atoms with E-state index in [1.807, 2.05) is 0 Å². The van der Waals surface area contributed by atoms with E-state index in [4.69, 9.17) is 0 Å². The summed E-state index contributed by atoms with van der Waals surface area (Å²) in [6.07, 6.45) is 0. The van der Waals surface area contributed by atoms with E-state index in [0.717, 1.165) is 0 Å². The van der Waals surface area contributed by atoms with Crippen LogP contribution in [0.5, 0.6) is 0 Å². The molecule has 1 nitrogen and oxygen atoms in total. The third-order valence-electron chi connectivity index (χ3n) is 0. The zero-order chi connectivity index (χ0) is 0. The minimum Gasteiger partial charge on any atom is -1.00 e. The largest absolute Gasteiger partial charge is 1.00 e.